The molecule has 6 heteroatoms. The van der Waals surface area contributed by atoms with Gasteiger partial charge in [-0.2, -0.15) is 4.98 Å². The van der Waals surface area contributed by atoms with Crippen LogP contribution in [0.15, 0.2) is 48.5 Å². The largest absolute Gasteiger partial charge is 0.497 e. The van der Waals surface area contributed by atoms with E-state index in [1.807, 2.05) is 24.3 Å². The molecule has 1 aliphatic rings. The average Bonchev–Trinajstić information content (AvgIpc) is 2.74. The van der Waals surface area contributed by atoms with Gasteiger partial charge < -0.3 is 19.9 Å². The summed E-state index contributed by atoms with van der Waals surface area (Å²) in [5.74, 6) is 2.60. The molecule has 0 radical (unpaired) electrons. The summed E-state index contributed by atoms with van der Waals surface area (Å²) in [4.78, 5) is 14.3. The van der Waals surface area contributed by atoms with E-state index in [1.54, 1.807) is 7.11 Å². The number of benzene rings is 2. The quantitative estimate of drug-likeness (QED) is 0.750. The molecule has 2 aromatic carbocycles. The molecule has 0 unspecified atom stereocenters. The molecule has 6 nitrogen and oxygen atoms in total. The minimum atomic E-state index is 0.805. The van der Waals surface area contributed by atoms with Crippen molar-refractivity contribution in [2.75, 3.05) is 55.0 Å². The molecular formula is C21H25N5O. The van der Waals surface area contributed by atoms with E-state index >= 15 is 0 Å². The van der Waals surface area contributed by atoms with E-state index in [4.69, 9.17) is 14.7 Å². The van der Waals surface area contributed by atoms with Crippen molar-refractivity contribution >= 4 is 28.4 Å². The van der Waals surface area contributed by atoms with Gasteiger partial charge in [0.1, 0.15) is 11.6 Å². The zero-order valence-electron chi connectivity index (χ0n) is 15.9. The summed E-state index contributed by atoms with van der Waals surface area (Å²) >= 11 is 0. The molecule has 27 heavy (non-hydrogen) atoms. The summed E-state index contributed by atoms with van der Waals surface area (Å²) in [6.07, 6.45) is 0. The number of rotatable bonds is 5. The molecule has 0 bridgehead atoms. The van der Waals surface area contributed by atoms with Gasteiger partial charge >= 0.3 is 0 Å². The second kappa shape index (κ2) is 7.70. The van der Waals surface area contributed by atoms with Crippen LogP contribution >= 0.6 is 0 Å². The van der Waals surface area contributed by atoms with Gasteiger partial charge in [-0.25, -0.2) is 4.98 Å². The van der Waals surface area contributed by atoms with E-state index in [9.17, 15) is 0 Å². The second-order valence-electron chi connectivity index (χ2n) is 6.59. The first-order valence-electron chi connectivity index (χ1n) is 9.43. The number of fused-ring (bicyclic) bond motifs is 1. The molecule has 1 aliphatic heterocycles. The van der Waals surface area contributed by atoms with Crippen LogP contribution < -0.4 is 19.9 Å². The van der Waals surface area contributed by atoms with Crippen molar-refractivity contribution < 1.29 is 4.74 Å². The Balaban J connectivity index is 1.52. The third-order valence-corrected chi connectivity index (χ3v) is 4.94. The predicted octanol–water partition coefficient (Wildman–Crippen LogP) is 3.40. The maximum Gasteiger partial charge on any atom is 0.228 e. The van der Waals surface area contributed by atoms with E-state index in [0.29, 0.717) is 0 Å². The lowest BCUT2D eigenvalue weighted by Gasteiger charge is -2.36. The number of piperazine rings is 1. The van der Waals surface area contributed by atoms with E-state index in [2.05, 4.69) is 46.3 Å². The summed E-state index contributed by atoms with van der Waals surface area (Å²) < 4.78 is 5.25. The van der Waals surface area contributed by atoms with Crippen LogP contribution in [0.2, 0.25) is 0 Å². The molecule has 1 saturated heterocycles. The Morgan fingerprint density at radius 3 is 2.33 bits per heavy atom. The lowest BCUT2D eigenvalue weighted by molar-refractivity contribution is 0.415. The summed E-state index contributed by atoms with van der Waals surface area (Å²) in [6.45, 7) is 6.61. The Labute approximate surface area is 159 Å². The van der Waals surface area contributed by atoms with E-state index in [0.717, 1.165) is 61.1 Å². The SMILES string of the molecule is CCNc1nc(N2CCN(c3ccc(OC)cc3)CC2)nc2ccccc12. The first kappa shape index (κ1) is 17.4. The Hall–Kier alpha value is -3.02. The summed E-state index contributed by atoms with van der Waals surface area (Å²) in [7, 11) is 1.69. The van der Waals surface area contributed by atoms with Crippen molar-refractivity contribution in [2.24, 2.45) is 0 Å². The number of nitrogens with one attached hydrogen (secondary N) is 1. The molecule has 3 aromatic rings. The molecule has 0 spiro atoms. The van der Waals surface area contributed by atoms with Gasteiger partial charge in [0.15, 0.2) is 0 Å². The van der Waals surface area contributed by atoms with Crippen molar-refractivity contribution in [1.29, 1.82) is 0 Å². The van der Waals surface area contributed by atoms with Crippen LogP contribution in [-0.4, -0.2) is 49.8 Å². The highest BCUT2D eigenvalue weighted by molar-refractivity contribution is 5.90. The summed E-state index contributed by atoms with van der Waals surface area (Å²) in [5, 5.41) is 4.44. The summed E-state index contributed by atoms with van der Waals surface area (Å²) in [6, 6.07) is 16.4. The van der Waals surface area contributed by atoms with Gasteiger partial charge in [0.05, 0.1) is 12.6 Å². The number of aromatic nitrogens is 2. The van der Waals surface area contributed by atoms with E-state index in [1.165, 1.54) is 5.69 Å². The number of nitrogens with zero attached hydrogens (tertiary/aromatic N) is 4. The summed E-state index contributed by atoms with van der Waals surface area (Å²) in [5.41, 5.74) is 2.21. The lowest BCUT2D eigenvalue weighted by Crippen LogP contribution is -2.47. The van der Waals surface area contributed by atoms with Crippen molar-refractivity contribution in [3.8, 4) is 5.75 Å². The van der Waals surface area contributed by atoms with Gasteiger partial charge in [-0.15, -0.1) is 0 Å². The zero-order chi connectivity index (χ0) is 18.6. The maximum atomic E-state index is 5.25. The van der Waals surface area contributed by atoms with Crippen LogP contribution in [0.5, 0.6) is 5.75 Å². The van der Waals surface area contributed by atoms with Crippen LogP contribution in [0.1, 0.15) is 6.92 Å². The number of para-hydroxylation sites is 1. The monoisotopic (exact) mass is 363 g/mol. The van der Waals surface area contributed by atoms with Gasteiger partial charge in [0.2, 0.25) is 5.95 Å². The molecule has 1 aromatic heterocycles. The molecular weight excluding hydrogens is 338 g/mol. The van der Waals surface area contributed by atoms with Crippen LogP contribution in [0.3, 0.4) is 0 Å². The van der Waals surface area contributed by atoms with Crippen molar-refractivity contribution in [1.82, 2.24) is 9.97 Å². The number of methoxy groups -OCH3 is 1. The van der Waals surface area contributed by atoms with Crippen LogP contribution in [0, 0.1) is 0 Å². The first-order valence-corrected chi connectivity index (χ1v) is 9.43. The molecule has 0 atom stereocenters. The van der Waals surface area contributed by atoms with Crippen LogP contribution in [0.4, 0.5) is 17.5 Å². The Kier molecular flexibility index (Phi) is 4.96. The predicted molar refractivity (Wildman–Crippen MR) is 111 cm³/mol. The topological polar surface area (TPSA) is 53.5 Å². The van der Waals surface area contributed by atoms with Gasteiger partial charge in [-0.05, 0) is 43.3 Å². The first-order chi connectivity index (χ1) is 13.3. The van der Waals surface area contributed by atoms with E-state index in [-0.39, 0.29) is 0 Å². The number of ether oxygens (including phenoxy) is 1. The van der Waals surface area contributed by atoms with Gasteiger partial charge in [0.25, 0.3) is 0 Å². The molecule has 1 fully saturated rings. The molecule has 2 heterocycles. The van der Waals surface area contributed by atoms with Crippen molar-refractivity contribution in [3.63, 3.8) is 0 Å². The Morgan fingerprint density at radius 1 is 0.926 bits per heavy atom. The zero-order valence-corrected chi connectivity index (χ0v) is 15.9. The highest BCUT2D eigenvalue weighted by atomic mass is 16.5. The van der Waals surface area contributed by atoms with Gasteiger partial charge in [0, 0.05) is 43.8 Å². The minimum absolute atomic E-state index is 0.805. The standard InChI is InChI=1S/C21H25N5O/c1-3-22-20-18-6-4-5-7-19(18)23-21(24-20)26-14-12-25(13-15-26)16-8-10-17(27-2)11-9-16/h4-11H,3,12-15H2,1-2H3,(H,22,23,24). The number of hydrogen-bond acceptors (Lipinski definition) is 6. The van der Waals surface area contributed by atoms with Crippen molar-refractivity contribution in [2.45, 2.75) is 6.92 Å². The fourth-order valence-electron chi connectivity index (χ4n) is 3.47. The van der Waals surface area contributed by atoms with Gasteiger partial charge in [-0.3, -0.25) is 0 Å². The number of hydrogen-bond donors (Lipinski definition) is 1. The fourth-order valence-corrected chi connectivity index (χ4v) is 3.47. The van der Waals surface area contributed by atoms with Crippen LogP contribution in [-0.2, 0) is 0 Å². The van der Waals surface area contributed by atoms with Crippen molar-refractivity contribution in [3.05, 3.63) is 48.5 Å². The average molecular weight is 363 g/mol. The smallest absolute Gasteiger partial charge is 0.228 e. The lowest BCUT2D eigenvalue weighted by atomic mass is 10.2. The molecule has 0 aliphatic carbocycles. The van der Waals surface area contributed by atoms with E-state index < -0.39 is 0 Å². The second-order valence-corrected chi connectivity index (χ2v) is 6.59. The maximum absolute atomic E-state index is 5.25. The van der Waals surface area contributed by atoms with Gasteiger partial charge in [-0.1, -0.05) is 12.1 Å². The molecule has 0 amide bonds. The Morgan fingerprint density at radius 2 is 1.63 bits per heavy atom. The molecule has 1 N–H and O–H groups in total. The highest BCUT2D eigenvalue weighted by Crippen LogP contribution is 2.25. The number of anilines is 3. The molecule has 4 rings (SSSR count). The third-order valence-electron chi connectivity index (χ3n) is 4.94. The molecule has 140 valence electrons. The van der Waals surface area contributed by atoms with Crippen LogP contribution in [0.25, 0.3) is 10.9 Å². The third kappa shape index (κ3) is 3.60. The fraction of sp³-hybridized carbons (Fsp3) is 0.333. The normalized spacial score (nSPS) is 14.4. The minimum Gasteiger partial charge on any atom is -0.497 e. The molecule has 0 saturated carbocycles. The highest BCUT2D eigenvalue weighted by Gasteiger charge is 2.20. The Bertz CT molecular complexity index is 904.